The van der Waals surface area contributed by atoms with Crippen molar-refractivity contribution in [2.24, 2.45) is 0 Å². The normalized spacial score (nSPS) is 14.3. The van der Waals surface area contributed by atoms with Crippen molar-refractivity contribution in [1.82, 2.24) is 24.5 Å². The summed E-state index contributed by atoms with van der Waals surface area (Å²) in [6, 6.07) is 10.1. The van der Waals surface area contributed by atoms with E-state index in [4.69, 9.17) is 0 Å². The largest absolute Gasteiger partial charge is 0.453 e. The highest BCUT2D eigenvalue weighted by molar-refractivity contribution is 5.77. The van der Waals surface area contributed by atoms with E-state index in [1.807, 2.05) is 35.2 Å². The third kappa shape index (κ3) is 4.15. The molecule has 1 aliphatic carbocycles. The first-order valence-electron chi connectivity index (χ1n) is 9.87. The summed E-state index contributed by atoms with van der Waals surface area (Å²) >= 11 is 0. The number of halogens is 3. The van der Waals surface area contributed by atoms with Gasteiger partial charge in [0.05, 0.1) is 0 Å². The van der Waals surface area contributed by atoms with E-state index in [1.165, 1.54) is 0 Å². The van der Waals surface area contributed by atoms with E-state index in [0.29, 0.717) is 24.4 Å². The number of aromatic nitrogens is 4. The summed E-state index contributed by atoms with van der Waals surface area (Å²) in [4.78, 5) is 22.5. The van der Waals surface area contributed by atoms with Crippen LogP contribution in [0.1, 0.15) is 47.6 Å². The van der Waals surface area contributed by atoms with E-state index in [9.17, 15) is 18.0 Å². The fourth-order valence-corrected chi connectivity index (χ4v) is 3.65. The average molecular weight is 417 g/mol. The lowest BCUT2D eigenvalue weighted by molar-refractivity contribution is -0.144. The van der Waals surface area contributed by atoms with Crippen molar-refractivity contribution in [1.29, 1.82) is 0 Å². The van der Waals surface area contributed by atoms with E-state index in [-0.39, 0.29) is 24.1 Å². The molecule has 0 bridgehead atoms. The monoisotopic (exact) mass is 417 g/mol. The molecule has 1 amide bonds. The average Bonchev–Trinajstić information content (AvgIpc) is 3.44. The number of rotatable bonds is 6. The summed E-state index contributed by atoms with van der Waals surface area (Å²) in [5.74, 6) is -1.26. The number of aryl methyl sites for hydroxylation is 2. The van der Waals surface area contributed by atoms with Crippen LogP contribution in [0.5, 0.6) is 0 Å². The molecule has 0 spiro atoms. The first-order valence-corrected chi connectivity index (χ1v) is 9.87. The van der Waals surface area contributed by atoms with E-state index in [1.54, 1.807) is 13.8 Å². The molecule has 30 heavy (non-hydrogen) atoms. The van der Waals surface area contributed by atoms with Gasteiger partial charge in [-0.2, -0.15) is 18.2 Å². The number of hydrogen-bond acceptors (Lipinski definition) is 4. The molecule has 1 aliphatic rings. The molecule has 6 nitrogen and oxygen atoms in total. The van der Waals surface area contributed by atoms with Crippen LogP contribution in [0.3, 0.4) is 0 Å². The van der Waals surface area contributed by atoms with Gasteiger partial charge in [-0.1, -0.05) is 30.3 Å². The van der Waals surface area contributed by atoms with Gasteiger partial charge >= 0.3 is 6.18 Å². The van der Waals surface area contributed by atoms with Crippen molar-refractivity contribution in [3.63, 3.8) is 0 Å². The lowest BCUT2D eigenvalue weighted by Gasteiger charge is -2.23. The number of alkyl halides is 3. The zero-order valence-corrected chi connectivity index (χ0v) is 16.8. The number of hydrogen-bond donors (Lipinski definition) is 0. The molecule has 2 heterocycles. The Morgan fingerprint density at radius 2 is 1.87 bits per heavy atom. The second kappa shape index (κ2) is 7.70. The van der Waals surface area contributed by atoms with Crippen LogP contribution in [-0.4, -0.2) is 36.4 Å². The van der Waals surface area contributed by atoms with E-state index < -0.39 is 12.0 Å². The Kier molecular flexibility index (Phi) is 5.21. The molecule has 158 valence electrons. The maximum Gasteiger partial charge on any atom is 0.453 e. The van der Waals surface area contributed by atoms with Gasteiger partial charge in [0.1, 0.15) is 0 Å². The number of carbonyl (C=O) groups excluding carboxylic acids is 1. The van der Waals surface area contributed by atoms with Crippen molar-refractivity contribution in [3.8, 4) is 0 Å². The summed E-state index contributed by atoms with van der Waals surface area (Å²) in [7, 11) is 0. The Hall–Kier alpha value is -2.97. The van der Waals surface area contributed by atoms with Crippen molar-refractivity contribution in [3.05, 3.63) is 58.7 Å². The summed E-state index contributed by atoms with van der Waals surface area (Å²) in [5, 5.41) is 3.56. The van der Waals surface area contributed by atoms with Gasteiger partial charge in [0.15, 0.2) is 0 Å². The van der Waals surface area contributed by atoms with Gasteiger partial charge in [-0.15, -0.1) is 5.10 Å². The van der Waals surface area contributed by atoms with Crippen LogP contribution in [0.2, 0.25) is 0 Å². The van der Waals surface area contributed by atoms with Gasteiger partial charge in [0, 0.05) is 30.4 Å². The highest BCUT2D eigenvalue weighted by atomic mass is 19.4. The molecule has 0 atom stereocenters. The first-order chi connectivity index (χ1) is 14.2. The summed E-state index contributed by atoms with van der Waals surface area (Å²) in [6.07, 6.45) is -1.98. The van der Waals surface area contributed by atoms with Crippen LogP contribution in [0.25, 0.3) is 5.78 Å². The number of fused-ring (bicyclic) bond motifs is 1. The van der Waals surface area contributed by atoms with Gasteiger partial charge in [-0.05, 0) is 44.2 Å². The number of benzene rings is 1. The Morgan fingerprint density at radius 3 is 2.50 bits per heavy atom. The van der Waals surface area contributed by atoms with E-state index in [2.05, 4.69) is 15.1 Å². The molecule has 0 radical (unpaired) electrons. The zero-order valence-electron chi connectivity index (χ0n) is 16.8. The quantitative estimate of drug-likeness (QED) is 0.611. The molecule has 0 N–H and O–H groups in total. The van der Waals surface area contributed by atoms with Gasteiger partial charge in [-0.25, -0.2) is 9.50 Å². The second-order valence-corrected chi connectivity index (χ2v) is 7.64. The molecule has 0 saturated heterocycles. The lowest BCUT2D eigenvalue weighted by Crippen LogP contribution is -2.32. The second-order valence-electron chi connectivity index (χ2n) is 7.64. The fraction of sp³-hybridized carbons (Fsp3) is 0.429. The van der Waals surface area contributed by atoms with E-state index in [0.717, 1.165) is 28.5 Å². The molecule has 9 heteroatoms. The minimum absolute atomic E-state index is 0.0369. The maximum atomic E-state index is 12.9. The standard InChI is InChI=1S/C21H22F3N5O/c1-13-17(14(2)29-20(25-13)26-19(27-29)21(22,23)24)10-11-18(30)28(16-8-9-16)12-15-6-4-3-5-7-15/h3-7,16H,8-12H2,1-2H3. The maximum absolute atomic E-state index is 12.9. The predicted octanol–water partition coefficient (Wildman–Crippen LogP) is 3.88. The summed E-state index contributed by atoms with van der Waals surface area (Å²) in [6.45, 7) is 3.97. The molecule has 0 aliphatic heterocycles. The molecule has 2 aromatic heterocycles. The van der Waals surface area contributed by atoms with Gasteiger partial charge < -0.3 is 4.90 Å². The highest BCUT2D eigenvalue weighted by Crippen LogP contribution is 2.30. The minimum Gasteiger partial charge on any atom is -0.335 e. The van der Waals surface area contributed by atoms with Crippen LogP contribution < -0.4 is 0 Å². The highest BCUT2D eigenvalue weighted by Gasteiger charge is 2.37. The van der Waals surface area contributed by atoms with Crippen LogP contribution in [-0.2, 0) is 23.9 Å². The molecule has 1 saturated carbocycles. The van der Waals surface area contributed by atoms with Crippen molar-refractivity contribution in [2.75, 3.05) is 0 Å². The Morgan fingerprint density at radius 1 is 1.17 bits per heavy atom. The third-order valence-corrected chi connectivity index (χ3v) is 5.40. The molecule has 1 aromatic carbocycles. The summed E-state index contributed by atoms with van der Waals surface area (Å²) < 4.78 is 39.9. The Labute approximate surface area is 171 Å². The molecule has 1 fully saturated rings. The minimum atomic E-state index is -4.63. The smallest absolute Gasteiger partial charge is 0.335 e. The fourth-order valence-electron chi connectivity index (χ4n) is 3.65. The topological polar surface area (TPSA) is 63.4 Å². The third-order valence-electron chi connectivity index (χ3n) is 5.40. The molecule has 4 rings (SSSR count). The van der Waals surface area contributed by atoms with Gasteiger partial charge in [0.2, 0.25) is 5.91 Å². The SMILES string of the molecule is Cc1nc2nc(C(F)(F)F)nn2c(C)c1CCC(=O)N(Cc1ccccc1)C1CC1. The summed E-state index contributed by atoms with van der Waals surface area (Å²) in [5.41, 5.74) is 2.89. The van der Waals surface area contributed by atoms with Gasteiger partial charge in [-0.3, -0.25) is 4.79 Å². The lowest BCUT2D eigenvalue weighted by atomic mass is 10.1. The Bertz CT molecular complexity index is 1070. The Balaban J connectivity index is 1.52. The molecular formula is C21H22F3N5O. The van der Waals surface area contributed by atoms with Gasteiger partial charge in [0.25, 0.3) is 11.6 Å². The number of amides is 1. The van der Waals surface area contributed by atoms with E-state index >= 15 is 0 Å². The number of nitrogens with zero attached hydrogens (tertiary/aromatic N) is 5. The van der Waals surface area contributed by atoms with Crippen LogP contribution in [0.15, 0.2) is 30.3 Å². The first kappa shape index (κ1) is 20.3. The predicted molar refractivity (Wildman–Crippen MR) is 104 cm³/mol. The molecule has 3 aromatic rings. The van der Waals surface area contributed by atoms with Crippen molar-refractivity contribution in [2.45, 2.75) is 58.3 Å². The van der Waals surface area contributed by atoms with Crippen LogP contribution >= 0.6 is 0 Å². The zero-order chi connectivity index (χ0) is 21.5. The van der Waals surface area contributed by atoms with Crippen molar-refractivity contribution >= 4 is 11.7 Å². The van der Waals surface area contributed by atoms with Crippen LogP contribution in [0.4, 0.5) is 13.2 Å². The van der Waals surface area contributed by atoms with Crippen molar-refractivity contribution < 1.29 is 18.0 Å². The molecular weight excluding hydrogens is 395 g/mol. The number of carbonyl (C=O) groups is 1. The molecule has 0 unspecified atom stereocenters. The van der Waals surface area contributed by atoms with Crippen LogP contribution in [0, 0.1) is 13.8 Å².